The second-order valence-corrected chi connectivity index (χ2v) is 6.06. The minimum Gasteiger partial charge on any atom is -0.378 e. The highest BCUT2D eigenvalue weighted by molar-refractivity contribution is 7.16. The van der Waals surface area contributed by atoms with Gasteiger partial charge in [-0.05, 0) is 44.2 Å². The van der Waals surface area contributed by atoms with Crippen LogP contribution in [-0.2, 0) is 4.74 Å². The highest BCUT2D eigenvalue weighted by atomic mass is 35.5. The van der Waals surface area contributed by atoms with E-state index in [0.717, 1.165) is 30.2 Å². The summed E-state index contributed by atoms with van der Waals surface area (Å²) in [7, 11) is 0. The van der Waals surface area contributed by atoms with Crippen LogP contribution in [0.2, 0.25) is 4.34 Å². The Labute approximate surface area is 106 Å². The lowest BCUT2D eigenvalue weighted by atomic mass is 10.0. The summed E-state index contributed by atoms with van der Waals surface area (Å²) in [4.78, 5) is 1.19. The maximum absolute atomic E-state index is 6.10. The van der Waals surface area contributed by atoms with Crippen LogP contribution in [0.5, 0.6) is 0 Å². The van der Waals surface area contributed by atoms with Crippen molar-refractivity contribution in [2.45, 2.75) is 44.2 Å². The monoisotopic (exact) mass is 259 g/mol. The van der Waals surface area contributed by atoms with Gasteiger partial charge in [0.05, 0.1) is 10.4 Å². The molecular formula is C12H18ClNOS. The van der Waals surface area contributed by atoms with Crippen LogP contribution in [0.3, 0.4) is 0 Å². The van der Waals surface area contributed by atoms with Crippen molar-refractivity contribution >= 4 is 22.9 Å². The fourth-order valence-electron chi connectivity index (χ4n) is 2.11. The number of hydrogen-bond acceptors (Lipinski definition) is 3. The summed E-state index contributed by atoms with van der Waals surface area (Å²) < 4.78 is 6.41. The van der Waals surface area contributed by atoms with Crippen LogP contribution >= 0.6 is 22.9 Å². The molecule has 0 amide bonds. The van der Waals surface area contributed by atoms with Crippen molar-refractivity contribution in [3.8, 4) is 0 Å². The molecule has 1 saturated heterocycles. The molecule has 2 atom stereocenters. The quantitative estimate of drug-likeness (QED) is 0.874. The van der Waals surface area contributed by atoms with Gasteiger partial charge in [-0.1, -0.05) is 11.6 Å². The second kappa shape index (κ2) is 6.01. The fraction of sp³-hybridized carbons (Fsp3) is 0.667. The van der Waals surface area contributed by atoms with E-state index in [9.17, 15) is 0 Å². The van der Waals surface area contributed by atoms with Gasteiger partial charge >= 0.3 is 0 Å². The minimum absolute atomic E-state index is 0.138. The molecule has 0 radical (unpaired) electrons. The number of thiophene rings is 1. The van der Waals surface area contributed by atoms with E-state index >= 15 is 0 Å². The lowest BCUT2D eigenvalue weighted by Gasteiger charge is -2.12. The molecule has 4 heteroatoms. The fourth-order valence-corrected chi connectivity index (χ4v) is 3.20. The third-order valence-corrected chi connectivity index (χ3v) is 4.39. The number of nitrogens with two attached hydrogens (primary N) is 1. The SMILES string of the molecule is NC(CCCC1CCCO1)c1ccc(Cl)s1. The van der Waals surface area contributed by atoms with Crippen molar-refractivity contribution in [3.05, 3.63) is 21.3 Å². The van der Waals surface area contributed by atoms with Gasteiger partial charge in [0.1, 0.15) is 0 Å². The summed E-state index contributed by atoms with van der Waals surface area (Å²) in [6, 6.07) is 4.09. The molecule has 0 spiro atoms. The molecular weight excluding hydrogens is 242 g/mol. The molecule has 0 bridgehead atoms. The smallest absolute Gasteiger partial charge is 0.0931 e. The number of hydrogen-bond donors (Lipinski definition) is 1. The first-order chi connectivity index (χ1) is 7.75. The number of ether oxygens (including phenoxy) is 1. The number of rotatable bonds is 5. The molecule has 1 aromatic heterocycles. The van der Waals surface area contributed by atoms with Crippen molar-refractivity contribution < 1.29 is 4.74 Å². The maximum Gasteiger partial charge on any atom is 0.0931 e. The van der Waals surface area contributed by atoms with Gasteiger partial charge in [0.25, 0.3) is 0 Å². The molecule has 2 heterocycles. The van der Waals surface area contributed by atoms with E-state index in [1.807, 2.05) is 12.1 Å². The van der Waals surface area contributed by atoms with Crippen LogP contribution in [0, 0.1) is 0 Å². The van der Waals surface area contributed by atoms with E-state index < -0.39 is 0 Å². The van der Waals surface area contributed by atoms with Crippen molar-refractivity contribution in [1.82, 2.24) is 0 Å². The Morgan fingerprint density at radius 2 is 2.44 bits per heavy atom. The van der Waals surface area contributed by atoms with Crippen LogP contribution in [0.15, 0.2) is 12.1 Å². The molecule has 1 aliphatic rings. The second-order valence-electron chi connectivity index (χ2n) is 4.31. The molecule has 0 aromatic carbocycles. The van der Waals surface area contributed by atoms with E-state index in [4.69, 9.17) is 22.1 Å². The summed E-state index contributed by atoms with van der Waals surface area (Å²) >= 11 is 7.47. The highest BCUT2D eigenvalue weighted by Gasteiger charge is 2.16. The molecule has 2 unspecified atom stereocenters. The van der Waals surface area contributed by atoms with Crippen LogP contribution < -0.4 is 5.73 Å². The van der Waals surface area contributed by atoms with Gasteiger partial charge in [-0.25, -0.2) is 0 Å². The van der Waals surface area contributed by atoms with Gasteiger partial charge in [-0.3, -0.25) is 0 Å². The first-order valence-corrected chi connectivity index (χ1v) is 7.07. The van der Waals surface area contributed by atoms with Gasteiger partial charge in [-0.2, -0.15) is 0 Å². The maximum atomic E-state index is 6.10. The zero-order valence-corrected chi connectivity index (χ0v) is 10.9. The van der Waals surface area contributed by atoms with Gasteiger partial charge in [0, 0.05) is 17.5 Å². The summed E-state index contributed by atoms with van der Waals surface area (Å²) in [6.45, 7) is 0.942. The highest BCUT2D eigenvalue weighted by Crippen LogP contribution is 2.29. The topological polar surface area (TPSA) is 35.2 Å². The van der Waals surface area contributed by atoms with Crippen LogP contribution in [-0.4, -0.2) is 12.7 Å². The Balaban J connectivity index is 1.69. The van der Waals surface area contributed by atoms with Crippen LogP contribution in [0.25, 0.3) is 0 Å². The first-order valence-electron chi connectivity index (χ1n) is 5.88. The van der Waals surface area contributed by atoms with E-state index in [2.05, 4.69) is 0 Å². The van der Waals surface area contributed by atoms with Crippen molar-refractivity contribution in [2.24, 2.45) is 5.73 Å². The first kappa shape index (κ1) is 12.4. The molecule has 0 aliphatic carbocycles. The largest absolute Gasteiger partial charge is 0.378 e. The van der Waals surface area contributed by atoms with E-state index in [1.165, 1.54) is 17.7 Å². The zero-order chi connectivity index (χ0) is 11.4. The lowest BCUT2D eigenvalue weighted by Crippen LogP contribution is -2.10. The molecule has 2 rings (SSSR count). The molecule has 2 nitrogen and oxygen atoms in total. The van der Waals surface area contributed by atoms with Crippen molar-refractivity contribution in [2.75, 3.05) is 6.61 Å². The van der Waals surface area contributed by atoms with Gasteiger partial charge in [0.15, 0.2) is 0 Å². The normalized spacial score (nSPS) is 22.5. The minimum atomic E-state index is 0.138. The van der Waals surface area contributed by atoms with E-state index in [-0.39, 0.29) is 6.04 Å². The molecule has 1 fully saturated rings. The average molecular weight is 260 g/mol. The summed E-state index contributed by atoms with van der Waals surface area (Å²) in [5.74, 6) is 0. The molecule has 16 heavy (non-hydrogen) atoms. The van der Waals surface area contributed by atoms with Crippen molar-refractivity contribution in [3.63, 3.8) is 0 Å². The number of halogens is 1. The van der Waals surface area contributed by atoms with Gasteiger partial charge in [-0.15, -0.1) is 11.3 Å². The van der Waals surface area contributed by atoms with Crippen LogP contribution in [0.4, 0.5) is 0 Å². The summed E-state index contributed by atoms with van der Waals surface area (Å²) in [5, 5.41) is 0. The third kappa shape index (κ3) is 3.45. The van der Waals surface area contributed by atoms with Gasteiger partial charge in [0.2, 0.25) is 0 Å². The van der Waals surface area contributed by atoms with Crippen molar-refractivity contribution in [1.29, 1.82) is 0 Å². The Morgan fingerprint density at radius 1 is 1.56 bits per heavy atom. The Morgan fingerprint density at radius 3 is 3.06 bits per heavy atom. The molecule has 1 aromatic rings. The summed E-state index contributed by atoms with van der Waals surface area (Å²) in [6.07, 6.45) is 6.24. The predicted octanol–water partition coefficient (Wildman–Crippen LogP) is 3.75. The molecule has 2 N–H and O–H groups in total. The molecule has 1 aliphatic heterocycles. The lowest BCUT2D eigenvalue weighted by molar-refractivity contribution is 0.101. The summed E-state index contributed by atoms with van der Waals surface area (Å²) in [5.41, 5.74) is 6.10. The Hall–Kier alpha value is -0.0900. The predicted molar refractivity (Wildman–Crippen MR) is 69.1 cm³/mol. The zero-order valence-electron chi connectivity index (χ0n) is 9.32. The third-order valence-electron chi connectivity index (χ3n) is 3.02. The average Bonchev–Trinajstić information content (AvgIpc) is 2.89. The standard InChI is InChI=1S/C12H18ClNOS/c13-12-7-6-11(16-12)10(14)5-1-3-9-4-2-8-15-9/h6-7,9-10H,1-5,8,14H2. The molecule has 90 valence electrons. The Bertz CT molecular complexity index is 323. The molecule has 0 saturated carbocycles. The Kier molecular flexibility index (Phi) is 4.65. The van der Waals surface area contributed by atoms with Crippen LogP contribution in [0.1, 0.15) is 43.0 Å². The van der Waals surface area contributed by atoms with Gasteiger partial charge < -0.3 is 10.5 Å². The van der Waals surface area contributed by atoms with E-state index in [1.54, 1.807) is 11.3 Å². The van der Waals surface area contributed by atoms with E-state index in [0.29, 0.717) is 6.10 Å².